The van der Waals surface area contributed by atoms with E-state index in [9.17, 15) is 10.2 Å². The number of aliphatic hydroxyl groups is 2. The monoisotopic (exact) mass is 268 g/mol. The van der Waals surface area contributed by atoms with Gasteiger partial charge in [0.25, 0.3) is 0 Å². The van der Waals surface area contributed by atoms with Crippen LogP contribution in [-0.4, -0.2) is 36.1 Å². The summed E-state index contributed by atoms with van der Waals surface area (Å²) in [5.41, 5.74) is 1.01. The highest BCUT2D eigenvalue weighted by molar-refractivity contribution is 5.26. The lowest BCUT2D eigenvalue weighted by molar-refractivity contribution is -0.0453. The summed E-state index contributed by atoms with van der Waals surface area (Å²) < 4.78 is 10.5. The Bertz CT molecular complexity index is 337. The van der Waals surface area contributed by atoms with Gasteiger partial charge in [-0.1, -0.05) is 31.9 Å². The highest BCUT2D eigenvalue weighted by Crippen LogP contribution is 2.12. The smallest absolute Gasteiger partial charge is 0.118 e. The van der Waals surface area contributed by atoms with Gasteiger partial charge in [-0.05, 0) is 24.1 Å². The van der Waals surface area contributed by atoms with Crippen LogP contribution in [0.1, 0.15) is 31.7 Å². The third kappa shape index (κ3) is 6.05. The number of aliphatic hydroxyl groups excluding tert-OH is 2. The Kier molecular flexibility index (Phi) is 7.48. The zero-order valence-corrected chi connectivity index (χ0v) is 11.7. The molecule has 19 heavy (non-hydrogen) atoms. The van der Waals surface area contributed by atoms with Gasteiger partial charge in [0.05, 0.1) is 26.4 Å². The number of unbranched alkanes of at least 4 members (excludes halogenated alkanes) is 1. The molecule has 0 aliphatic carbocycles. The molecular weight excluding hydrogens is 244 g/mol. The third-order valence-corrected chi connectivity index (χ3v) is 3.01. The molecule has 2 N–H and O–H groups in total. The van der Waals surface area contributed by atoms with Crippen LogP contribution in [0.2, 0.25) is 0 Å². The number of ether oxygens (including phenoxy) is 2. The van der Waals surface area contributed by atoms with Crippen LogP contribution in [0.4, 0.5) is 0 Å². The SMILES string of the molecule is CCCC[C@@H](O)[C@H](O)COCc1ccc(OC)cc1. The molecule has 0 radical (unpaired) electrons. The van der Waals surface area contributed by atoms with E-state index < -0.39 is 12.2 Å². The molecule has 2 atom stereocenters. The summed E-state index contributed by atoms with van der Waals surface area (Å²) in [5, 5.41) is 19.4. The highest BCUT2D eigenvalue weighted by Gasteiger charge is 2.15. The van der Waals surface area contributed by atoms with Gasteiger partial charge in [-0.15, -0.1) is 0 Å². The zero-order chi connectivity index (χ0) is 14.1. The van der Waals surface area contributed by atoms with Gasteiger partial charge < -0.3 is 19.7 Å². The molecule has 0 bridgehead atoms. The maximum atomic E-state index is 9.71. The van der Waals surface area contributed by atoms with Gasteiger partial charge >= 0.3 is 0 Å². The fourth-order valence-corrected chi connectivity index (χ4v) is 1.74. The van der Waals surface area contributed by atoms with Gasteiger partial charge in [-0.3, -0.25) is 0 Å². The quantitative estimate of drug-likeness (QED) is 0.720. The van der Waals surface area contributed by atoms with Crippen molar-refractivity contribution < 1.29 is 19.7 Å². The maximum Gasteiger partial charge on any atom is 0.118 e. The number of hydrogen-bond donors (Lipinski definition) is 2. The summed E-state index contributed by atoms with van der Waals surface area (Å²) >= 11 is 0. The Hall–Kier alpha value is -1.10. The second-order valence-corrected chi connectivity index (χ2v) is 4.64. The van der Waals surface area contributed by atoms with Gasteiger partial charge in [-0.25, -0.2) is 0 Å². The lowest BCUT2D eigenvalue weighted by atomic mass is 10.1. The van der Waals surface area contributed by atoms with Crippen LogP contribution in [-0.2, 0) is 11.3 Å². The topological polar surface area (TPSA) is 58.9 Å². The molecule has 0 aromatic heterocycles. The molecule has 4 nitrogen and oxygen atoms in total. The molecule has 1 aromatic rings. The Morgan fingerprint density at radius 1 is 1.11 bits per heavy atom. The Balaban J connectivity index is 2.24. The second kappa shape index (κ2) is 8.91. The van der Waals surface area contributed by atoms with Crippen LogP contribution in [0.25, 0.3) is 0 Å². The predicted octanol–water partition coefficient (Wildman–Crippen LogP) is 2.12. The van der Waals surface area contributed by atoms with Crippen molar-refractivity contribution in [2.75, 3.05) is 13.7 Å². The average Bonchev–Trinajstić information content (AvgIpc) is 2.45. The normalized spacial score (nSPS) is 14.1. The van der Waals surface area contributed by atoms with Gasteiger partial charge in [0.15, 0.2) is 0 Å². The van der Waals surface area contributed by atoms with E-state index in [4.69, 9.17) is 9.47 Å². The van der Waals surface area contributed by atoms with E-state index in [2.05, 4.69) is 6.92 Å². The van der Waals surface area contributed by atoms with E-state index in [1.807, 2.05) is 24.3 Å². The number of benzene rings is 1. The van der Waals surface area contributed by atoms with Crippen LogP contribution in [0.3, 0.4) is 0 Å². The van der Waals surface area contributed by atoms with Crippen molar-refractivity contribution in [3.05, 3.63) is 29.8 Å². The first-order valence-electron chi connectivity index (χ1n) is 6.74. The zero-order valence-electron chi connectivity index (χ0n) is 11.7. The van der Waals surface area contributed by atoms with E-state index in [-0.39, 0.29) is 6.61 Å². The van der Waals surface area contributed by atoms with Gasteiger partial charge in [0, 0.05) is 0 Å². The van der Waals surface area contributed by atoms with E-state index in [1.54, 1.807) is 7.11 Å². The first kappa shape index (κ1) is 16.0. The minimum Gasteiger partial charge on any atom is -0.497 e. The van der Waals surface area contributed by atoms with E-state index >= 15 is 0 Å². The van der Waals surface area contributed by atoms with Crippen molar-refractivity contribution in [1.29, 1.82) is 0 Å². The fourth-order valence-electron chi connectivity index (χ4n) is 1.74. The van der Waals surface area contributed by atoms with Crippen LogP contribution in [0.15, 0.2) is 24.3 Å². The maximum absolute atomic E-state index is 9.71. The Morgan fingerprint density at radius 2 is 1.79 bits per heavy atom. The summed E-state index contributed by atoms with van der Waals surface area (Å²) in [4.78, 5) is 0. The van der Waals surface area contributed by atoms with E-state index in [0.717, 1.165) is 24.2 Å². The van der Waals surface area contributed by atoms with Crippen molar-refractivity contribution in [2.24, 2.45) is 0 Å². The van der Waals surface area contributed by atoms with E-state index in [1.165, 1.54) is 0 Å². The highest BCUT2D eigenvalue weighted by atomic mass is 16.5. The summed E-state index contributed by atoms with van der Waals surface area (Å²) in [6.45, 7) is 2.62. The number of hydrogen-bond acceptors (Lipinski definition) is 4. The van der Waals surface area contributed by atoms with Crippen molar-refractivity contribution in [2.45, 2.75) is 45.0 Å². The van der Waals surface area contributed by atoms with Crippen molar-refractivity contribution in [3.8, 4) is 5.75 Å². The molecule has 0 fully saturated rings. The molecule has 4 heteroatoms. The Morgan fingerprint density at radius 3 is 2.37 bits per heavy atom. The fraction of sp³-hybridized carbons (Fsp3) is 0.600. The molecule has 1 aromatic carbocycles. The van der Waals surface area contributed by atoms with Crippen LogP contribution in [0, 0.1) is 0 Å². The second-order valence-electron chi connectivity index (χ2n) is 4.64. The summed E-state index contributed by atoms with van der Waals surface area (Å²) in [6.07, 6.45) is 1.03. The minimum atomic E-state index is -0.815. The summed E-state index contributed by atoms with van der Waals surface area (Å²) in [5.74, 6) is 0.804. The third-order valence-electron chi connectivity index (χ3n) is 3.01. The molecule has 108 valence electrons. The first-order chi connectivity index (χ1) is 9.17. The van der Waals surface area contributed by atoms with E-state index in [0.29, 0.717) is 13.0 Å². The largest absolute Gasteiger partial charge is 0.497 e. The minimum absolute atomic E-state index is 0.150. The average molecular weight is 268 g/mol. The van der Waals surface area contributed by atoms with Crippen molar-refractivity contribution >= 4 is 0 Å². The lowest BCUT2D eigenvalue weighted by Crippen LogP contribution is -2.30. The molecule has 0 amide bonds. The number of methoxy groups -OCH3 is 1. The van der Waals surface area contributed by atoms with Crippen molar-refractivity contribution in [1.82, 2.24) is 0 Å². The molecule has 0 heterocycles. The van der Waals surface area contributed by atoms with Crippen LogP contribution in [0.5, 0.6) is 5.75 Å². The summed E-state index contributed by atoms with van der Waals surface area (Å²) in [7, 11) is 1.62. The number of rotatable bonds is 9. The van der Waals surface area contributed by atoms with Crippen LogP contribution < -0.4 is 4.74 Å². The molecule has 0 spiro atoms. The molecule has 1 rings (SSSR count). The van der Waals surface area contributed by atoms with Gasteiger partial charge in [0.2, 0.25) is 0 Å². The first-order valence-corrected chi connectivity index (χ1v) is 6.74. The van der Waals surface area contributed by atoms with Crippen LogP contribution >= 0.6 is 0 Å². The Labute approximate surface area is 115 Å². The standard InChI is InChI=1S/C15H24O4/c1-3-4-5-14(16)15(17)11-19-10-12-6-8-13(18-2)9-7-12/h6-9,14-17H,3-5,10-11H2,1-2H3/t14-,15-/m1/s1. The van der Waals surface area contributed by atoms with Crippen molar-refractivity contribution in [3.63, 3.8) is 0 Å². The lowest BCUT2D eigenvalue weighted by Gasteiger charge is -2.17. The predicted molar refractivity (Wildman–Crippen MR) is 74.2 cm³/mol. The summed E-state index contributed by atoms with van der Waals surface area (Å²) in [6, 6.07) is 7.56. The molecule has 0 aliphatic heterocycles. The molecule has 0 saturated carbocycles. The van der Waals surface area contributed by atoms with Gasteiger partial charge in [-0.2, -0.15) is 0 Å². The molecule has 0 saturated heterocycles. The molecule has 0 unspecified atom stereocenters. The van der Waals surface area contributed by atoms with Gasteiger partial charge in [0.1, 0.15) is 11.9 Å². The molecular formula is C15H24O4. The molecule has 0 aliphatic rings.